The zero-order chi connectivity index (χ0) is 22.1. The summed E-state index contributed by atoms with van der Waals surface area (Å²) in [6, 6.07) is 21.4. The SMILES string of the molecule is Cc1cc(NC(=O)c2cc(C(=O)c3cccc4ccccc34)ccc2O)cc(C)c1C. The van der Waals surface area contributed by atoms with Crippen LogP contribution in [0, 0.1) is 20.8 Å². The lowest BCUT2D eigenvalue weighted by Gasteiger charge is -2.12. The highest BCUT2D eigenvalue weighted by Gasteiger charge is 2.18. The number of hydrogen-bond donors (Lipinski definition) is 2. The van der Waals surface area contributed by atoms with Crippen LogP contribution < -0.4 is 5.32 Å². The van der Waals surface area contributed by atoms with Crippen molar-refractivity contribution < 1.29 is 14.7 Å². The van der Waals surface area contributed by atoms with Gasteiger partial charge in [0.15, 0.2) is 5.78 Å². The number of aromatic hydroxyl groups is 1. The Hall–Kier alpha value is -3.92. The molecule has 0 fully saturated rings. The summed E-state index contributed by atoms with van der Waals surface area (Å²) >= 11 is 0. The van der Waals surface area contributed by atoms with Crippen LogP contribution >= 0.6 is 0 Å². The number of amides is 1. The number of phenolic OH excluding ortho intramolecular Hbond substituents is 1. The average molecular weight is 409 g/mol. The maximum atomic E-state index is 13.2. The van der Waals surface area contributed by atoms with Crippen LogP contribution in [0.1, 0.15) is 43.0 Å². The van der Waals surface area contributed by atoms with Crippen molar-refractivity contribution in [2.45, 2.75) is 20.8 Å². The minimum absolute atomic E-state index is 0.0574. The summed E-state index contributed by atoms with van der Waals surface area (Å²) in [4.78, 5) is 26.1. The largest absolute Gasteiger partial charge is 0.507 e. The van der Waals surface area contributed by atoms with Crippen LogP contribution in [0.25, 0.3) is 10.8 Å². The Balaban J connectivity index is 1.68. The predicted molar refractivity (Wildman–Crippen MR) is 124 cm³/mol. The van der Waals surface area contributed by atoms with Crippen LogP contribution in [0.4, 0.5) is 5.69 Å². The van der Waals surface area contributed by atoms with E-state index in [4.69, 9.17) is 0 Å². The van der Waals surface area contributed by atoms with E-state index < -0.39 is 5.91 Å². The first-order valence-corrected chi connectivity index (χ1v) is 10.1. The van der Waals surface area contributed by atoms with Gasteiger partial charge in [-0.3, -0.25) is 9.59 Å². The molecule has 0 aliphatic carbocycles. The molecular formula is C27H23NO3. The number of fused-ring (bicyclic) bond motifs is 1. The molecule has 4 nitrogen and oxygen atoms in total. The van der Waals surface area contributed by atoms with Gasteiger partial charge >= 0.3 is 0 Å². The molecule has 154 valence electrons. The van der Waals surface area contributed by atoms with E-state index in [2.05, 4.69) is 5.32 Å². The summed E-state index contributed by atoms with van der Waals surface area (Å²) < 4.78 is 0. The van der Waals surface area contributed by atoms with Crippen molar-refractivity contribution in [3.05, 3.63) is 106 Å². The third kappa shape index (κ3) is 3.92. The van der Waals surface area contributed by atoms with Gasteiger partial charge in [-0.1, -0.05) is 42.5 Å². The fourth-order valence-electron chi connectivity index (χ4n) is 3.74. The van der Waals surface area contributed by atoms with Crippen molar-refractivity contribution in [1.29, 1.82) is 0 Å². The van der Waals surface area contributed by atoms with Gasteiger partial charge in [0.1, 0.15) is 5.75 Å². The molecule has 0 aromatic heterocycles. The molecule has 4 rings (SSSR count). The van der Waals surface area contributed by atoms with Crippen molar-refractivity contribution in [2.75, 3.05) is 5.32 Å². The average Bonchev–Trinajstić information content (AvgIpc) is 2.76. The van der Waals surface area contributed by atoms with E-state index in [0.717, 1.165) is 21.9 Å². The summed E-state index contributed by atoms with van der Waals surface area (Å²) in [6.07, 6.45) is 0. The predicted octanol–water partition coefficient (Wildman–Crippen LogP) is 5.95. The van der Waals surface area contributed by atoms with Crippen LogP contribution in [-0.2, 0) is 0 Å². The number of benzene rings is 4. The van der Waals surface area contributed by atoms with Gasteiger partial charge in [0.05, 0.1) is 5.56 Å². The first-order chi connectivity index (χ1) is 14.8. The van der Waals surface area contributed by atoms with E-state index in [1.54, 1.807) is 6.07 Å². The number of hydrogen-bond acceptors (Lipinski definition) is 3. The standard InChI is InChI=1S/C27H23NO3/c1-16-13-21(14-17(2)18(16)3)28-27(31)24-15-20(11-12-25(24)29)26(30)23-10-6-8-19-7-4-5-9-22(19)23/h4-15,29H,1-3H3,(H,28,31). The molecule has 2 N–H and O–H groups in total. The second-order valence-electron chi connectivity index (χ2n) is 7.78. The number of nitrogens with one attached hydrogen (secondary N) is 1. The molecule has 4 aromatic rings. The Morgan fingerprint density at radius 1 is 0.774 bits per heavy atom. The molecular weight excluding hydrogens is 386 g/mol. The molecule has 0 spiro atoms. The minimum atomic E-state index is -0.465. The van der Waals surface area contributed by atoms with E-state index in [9.17, 15) is 14.7 Å². The molecule has 0 saturated heterocycles. The fourth-order valence-corrected chi connectivity index (χ4v) is 3.74. The van der Waals surface area contributed by atoms with Gasteiger partial charge in [-0.2, -0.15) is 0 Å². The Kier molecular flexibility index (Phi) is 5.30. The van der Waals surface area contributed by atoms with Crippen molar-refractivity contribution in [2.24, 2.45) is 0 Å². The lowest BCUT2D eigenvalue weighted by molar-refractivity contribution is 0.102. The van der Waals surface area contributed by atoms with Gasteiger partial charge < -0.3 is 10.4 Å². The lowest BCUT2D eigenvalue weighted by atomic mass is 9.96. The normalized spacial score (nSPS) is 10.8. The Morgan fingerprint density at radius 2 is 1.45 bits per heavy atom. The maximum Gasteiger partial charge on any atom is 0.259 e. The second kappa shape index (κ2) is 8.07. The summed E-state index contributed by atoms with van der Waals surface area (Å²) in [5.74, 6) is -0.840. The number of ketones is 1. The number of rotatable bonds is 4. The van der Waals surface area contributed by atoms with E-state index in [1.807, 2.05) is 69.3 Å². The number of anilines is 1. The number of aryl methyl sites for hydroxylation is 2. The molecule has 0 radical (unpaired) electrons. The Bertz CT molecular complexity index is 1310. The molecule has 0 atom stereocenters. The number of carbonyl (C=O) groups excluding carboxylic acids is 2. The van der Waals surface area contributed by atoms with Gasteiger partial charge in [-0.25, -0.2) is 0 Å². The molecule has 0 aliphatic rings. The van der Waals surface area contributed by atoms with Crippen LogP contribution in [-0.4, -0.2) is 16.8 Å². The first-order valence-electron chi connectivity index (χ1n) is 10.1. The monoisotopic (exact) mass is 409 g/mol. The highest BCUT2D eigenvalue weighted by molar-refractivity contribution is 6.17. The Morgan fingerprint density at radius 3 is 2.19 bits per heavy atom. The van der Waals surface area contributed by atoms with Gasteiger partial charge in [0.2, 0.25) is 0 Å². The first kappa shape index (κ1) is 20.4. The summed E-state index contributed by atoms with van der Waals surface area (Å²) in [6.45, 7) is 6.00. The van der Waals surface area contributed by atoms with Crippen LogP contribution in [0.15, 0.2) is 72.8 Å². The molecule has 1 amide bonds. The summed E-state index contributed by atoms with van der Waals surface area (Å²) in [5, 5.41) is 14.9. The maximum absolute atomic E-state index is 13.2. The lowest BCUT2D eigenvalue weighted by Crippen LogP contribution is -2.14. The van der Waals surface area contributed by atoms with Gasteiger partial charge in [-0.15, -0.1) is 0 Å². The molecule has 0 aliphatic heterocycles. The fraction of sp³-hybridized carbons (Fsp3) is 0.111. The zero-order valence-corrected chi connectivity index (χ0v) is 17.7. The molecule has 4 aromatic carbocycles. The molecule has 0 unspecified atom stereocenters. The van der Waals surface area contributed by atoms with E-state index in [1.165, 1.54) is 23.8 Å². The molecule has 31 heavy (non-hydrogen) atoms. The molecule has 0 bridgehead atoms. The van der Waals surface area contributed by atoms with Crippen LogP contribution in [0.3, 0.4) is 0 Å². The summed E-state index contributed by atoms with van der Waals surface area (Å²) in [7, 11) is 0. The van der Waals surface area contributed by atoms with Crippen molar-refractivity contribution in [3.63, 3.8) is 0 Å². The number of phenols is 1. The zero-order valence-electron chi connectivity index (χ0n) is 17.7. The second-order valence-corrected chi connectivity index (χ2v) is 7.78. The van der Waals surface area contributed by atoms with Crippen LogP contribution in [0.2, 0.25) is 0 Å². The van der Waals surface area contributed by atoms with E-state index in [-0.39, 0.29) is 17.1 Å². The van der Waals surface area contributed by atoms with Gasteiger partial charge in [0, 0.05) is 16.8 Å². The topological polar surface area (TPSA) is 66.4 Å². The van der Waals surface area contributed by atoms with E-state index in [0.29, 0.717) is 16.8 Å². The van der Waals surface area contributed by atoms with Crippen molar-refractivity contribution >= 4 is 28.2 Å². The highest BCUT2D eigenvalue weighted by atomic mass is 16.3. The number of carbonyl (C=O) groups is 2. The quantitative estimate of drug-likeness (QED) is 0.409. The minimum Gasteiger partial charge on any atom is -0.507 e. The van der Waals surface area contributed by atoms with Crippen molar-refractivity contribution in [3.8, 4) is 5.75 Å². The smallest absolute Gasteiger partial charge is 0.259 e. The van der Waals surface area contributed by atoms with Crippen molar-refractivity contribution in [1.82, 2.24) is 0 Å². The summed E-state index contributed by atoms with van der Waals surface area (Å²) in [5.41, 5.74) is 4.91. The van der Waals surface area contributed by atoms with Gasteiger partial charge in [-0.05, 0) is 78.6 Å². The van der Waals surface area contributed by atoms with Gasteiger partial charge in [0.25, 0.3) is 5.91 Å². The molecule has 4 heteroatoms. The third-order valence-electron chi connectivity index (χ3n) is 5.72. The molecule has 0 saturated carbocycles. The van der Waals surface area contributed by atoms with Crippen LogP contribution in [0.5, 0.6) is 5.75 Å². The molecule has 0 heterocycles. The third-order valence-corrected chi connectivity index (χ3v) is 5.72. The van der Waals surface area contributed by atoms with E-state index >= 15 is 0 Å². The highest BCUT2D eigenvalue weighted by Crippen LogP contribution is 2.26. The Labute approximate surface area is 181 Å².